The van der Waals surface area contributed by atoms with Crippen LogP contribution < -0.4 is 5.32 Å². The summed E-state index contributed by atoms with van der Waals surface area (Å²) in [6.07, 6.45) is 1.28. The van der Waals surface area contributed by atoms with E-state index in [1.54, 1.807) is 6.92 Å². The highest BCUT2D eigenvalue weighted by atomic mass is 16.5. The van der Waals surface area contributed by atoms with Crippen molar-refractivity contribution in [3.05, 3.63) is 0 Å². The number of ether oxygens (including phenoxy) is 1. The summed E-state index contributed by atoms with van der Waals surface area (Å²) >= 11 is 0. The summed E-state index contributed by atoms with van der Waals surface area (Å²) in [6.45, 7) is 6.45. The minimum atomic E-state index is -0.248. The summed E-state index contributed by atoms with van der Waals surface area (Å²) in [5.41, 5.74) is 0. The summed E-state index contributed by atoms with van der Waals surface area (Å²) in [7, 11) is 0. The topological polar surface area (TPSA) is 41.5 Å². The first kappa shape index (κ1) is 9.96. The third kappa shape index (κ3) is 3.09. The first-order chi connectivity index (χ1) is 5.70. The van der Waals surface area contributed by atoms with Gasteiger partial charge in [-0.1, -0.05) is 0 Å². The highest BCUT2D eigenvalue weighted by Crippen LogP contribution is 2.18. The van der Waals surface area contributed by atoms with E-state index in [-0.39, 0.29) is 6.10 Å². The average molecular weight is 173 g/mol. The first-order valence-electron chi connectivity index (χ1n) is 4.70. The van der Waals surface area contributed by atoms with Crippen molar-refractivity contribution in [2.75, 3.05) is 19.7 Å². The fraction of sp³-hybridized carbons (Fsp3) is 1.00. The van der Waals surface area contributed by atoms with Crippen molar-refractivity contribution in [2.24, 2.45) is 5.92 Å². The fourth-order valence-corrected chi connectivity index (χ4v) is 1.52. The van der Waals surface area contributed by atoms with Gasteiger partial charge in [-0.2, -0.15) is 0 Å². The number of nitrogens with one attached hydrogen (secondary N) is 1. The van der Waals surface area contributed by atoms with E-state index in [0.717, 1.165) is 19.6 Å². The normalized spacial score (nSPS) is 32.2. The molecule has 1 aliphatic heterocycles. The second-order valence-corrected chi connectivity index (χ2v) is 3.63. The van der Waals surface area contributed by atoms with E-state index < -0.39 is 0 Å². The maximum Gasteiger partial charge on any atom is 0.0636 e. The van der Waals surface area contributed by atoms with E-state index >= 15 is 0 Å². The lowest BCUT2D eigenvalue weighted by molar-refractivity contribution is 0.104. The van der Waals surface area contributed by atoms with Crippen LogP contribution in [0.2, 0.25) is 0 Å². The van der Waals surface area contributed by atoms with Gasteiger partial charge in [0.05, 0.1) is 12.2 Å². The molecule has 0 amide bonds. The number of aliphatic hydroxyl groups excluding tert-OH is 1. The second kappa shape index (κ2) is 4.80. The quantitative estimate of drug-likeness (QED) is 0.646. The van der Waals surface area contributed by atoms with Crippen LogP contribution in [0, 0.1) is 5.92 Å². The van der Waals surface area contributed by atoms with Gasteiger partial charge in [-0.05, 0) is 26.2 Å². The van der Waals surface area contributed by atoms with Crippen molar-refractivity contribution in [1.82, 2.24) is 5.32 Å². The molecule has 1 heterocycles. The van der Waals surface area contributed by atoms with E-state index in [9.17, 15) is 0 Å². The Balaban J connectivity index is 2.06. The predicted molar refractivity (Wildman–Crippen MR) is 48.1 cm³/mol. The Morgan fingerprint density at radius 3 is 2.92 bits per heavy atom. The SMILES string of the molecule is CC1OCCC1CNC[C@H](C)O. The maximum atomic E-state index is 9.00. The van der Waals surface area contributed by atoms with Crippen LogP contribution in [-0.4, -0.2) is 37.0 Å². The molecule has 1 fully saturated rings. The third-order valence-corrected chi connectivity index (χ3v) is 2.38. The van der Waals surface area contributed by atoms with Gasteiger partial charge >= 0.3 is 0 Å². The molecule has 0 aliphatic carbocycles. The zero-order chi connectivity index (χ0) is 8.97. The Kier molecular flexibility index (Phi) is 3.98. The predicted octanol–water partition coefficient (Wildman–Crippen LogP) is 0.382. The van der Waals surface area contributed by atoms with Crippen molar-refractivity contribution < 1.29 is 9.84 Å². The summed E-state index contributed by atoms with van der Waals surface area (Å²) in [5.74, 6) is 0.628. The third-order valence-electron chi connectivity index (χ3n) is 2.38. The van der Waals surface area contributed by atoms with E-state index in [1.165, 1.54) is 0 Å². The lowest BCUT2D eigenvalue weighted by atomic mass is 10.0. The van der Waals surface area contributed by atoms with Gasteiger partial charge in [0, 0.05) is 19.7 Å². The van der Waals surface area contributed by atoms with Crippen LogP contribution in [0.4, 0.5) is 0 Å². The molecule has 0 radical (unpaired) electrons. The van der Waals surface area contributed by atoms with Gasteiger partial charge in [-0.15, -0.1) is 0 Å². The molecule has 1 aliphatic rings. The van der Waals surface area contributed by atoms with Crippen molar-refractivity contribution in [3.8, 4) is 0 Å². The van der Waals surface area contributed by atoms with Crippen LogP contribution in [0.1, 0.15) is 20.3 Å². The zero-order valence-corrected chi connectivity index (χ0v) is 7.92. The summed E-state index contributed by atoms with van der Waals surface area (Å²) < 4.78 is 5.42. The summed E-state index contributed by atoms with van der Waals surface area (Å²) in [4.78, 5) is 0. The van der Waals surface area contributed by atoms with E-state index in [1.807, 2.05) is 0 Å². The molecule has 3 atom stereocenters. The molecule has 12 heavy (non-hydrogen) atoms. The van der Waals surface area contributed by atoms with Crippen LogP contribution in [0.3, 0.4) is 0 Å². The van der Waals surface area contributed by atoms with Gasteiger partial charge in [0.15, 0.2) is 0 Å². The molecule has 0 bridgehead atoms. The highest BCUT2D eigenvalue weighted by molar-refractivity contribution is 4.74. The minimum absolute atomic E-state index is 0.248. The Labute approximate surface area is 74.1 Å². The van der Waals surface area contributed by atoms with Gasteiger partial charge in [-0.25, -0.2) is 0 Å². The molecule has 0 aromatic heterocycles. The Morgan fingerprint density at radius 1 is 1.67 bits per heavy atom. The zero-order valence-electron chi connectivity index (χ0n) is 7.92. The maximum absolute atomic E-state index is 9.00. The Hall–Kier alpha value is -0.120. The number of hydrogen-bond donors (Lipinski definition) is 2. The van der Waals surface area contributed by atoms with Crippen molar-refractivity contribution in [1.29, 1.82) is 0 Å². The Bertz CT molecular complexity index is 128. The van der Waals surface area contributed by atoms with E-state index in [2.05, 4.69) is 12.2 Å². The Morgan fingerprint density at radius 2 is 2.42 bits per heavy atom. The molecule has 3 nitrogen and oxygen atoms in total. The second-order valence-electron chi connectivity index (χ2n) is 3.63. The van der Waals surface area contributed by atoms with Crippen molar-refractivity contribution >= 4 is 0 Å². The van der Waals surface area contributed by atoms with Crippen molar-refractivity contribution in [3.63, 3.8) is 0 Å². The monoisotopic (exact) mass is 173 g/mol. The summed E-state index contributed by atoms with van der Waals surface area (Å²) in [6, 6.07) is 0. The average Bonchev–Trinajstić information content (AvgIpc) is 2.36. The first-order valence-corrected chi connectivity index (χ1v) is 4.70. The van der Waals surface area contributed by atoms with Crippen LogP contribution in [0.5, 0.6) is 0 Å². The van der Waals surface area contributed by atoms with Crippen LogP contribution in [0.25, 0.3) is 0 Å². The van der Waals surface area contributed by atoms with Gasteiger partial charge in [0.2, 0.25) is 0 Å². The molecule has 3 heteroatoms. The smallest absolute Gasteiger partial charge is 0.0636 e. The molecule has 2 N–H and O–H groups in total. The molecular formula is C9H19NO2. The molecule has 1 rings (SSSR count). The fourth-order valence-electron chi connectivity index (χ4n) is 1.52. The van der Waals surface area contributed by atoms with Crippen LogP contribution >= 0.6 is 0 Å². The van der Waals surface area contributed by atoms with E-state index in [0.29, 0.717) is 18.6 Å². The lowest BCUT2D eigenvalue weighted by Gasteiger charge is -2.15. The summed E-state index contributed by atoms with van der Waals surface area (Å²) in [5, 5.41) is 12.2. The van der Waals surface area contributed by atoms with Crippen LogP contribution in [-0.2, 0) is 4.74 Å². The van der Waals surface area contributed by atoms with E-state index in [4.69, 9.17) is 9.84 Å². The molecule has 1 saturated heterocycles. The molecule has 0 saturated carbocycles. The molecular weight excluding hydrogens is 154 g/mol. The number of hydrogen-bond acceptors (Lipinski definition) is 3. The van der Waals surface area contributed by atoms with Gasteiger partial charge < -0.3 is 15.2 Å². The van der Waals surface area contributed by atoms with Crippen LogP contribution in [0.15, 0.2) is 0 Å². The van der Waals surface area contributed by atoms with Gasteiger partial charge in [0.25, 0.3) is 0 Å². The molecule has 72 valence electrons. The lowest BCUT2D eigenvalue weighted by Crippen LogP contribution is -2.31. The standard InChI is InChI=1S/C9H19NO2/c1-7(11)5-10-6-9-3-4-12-8(9)2/h7-11H,3-6H2,1-2H3/t7-,8?,9?/m0/s1. The largest absolute Gasteiger partial charge is 0.392 e. The minimum Gasteiger partial charge on any atom is -0.392 e. The van der Waals surface area contributed by atoms with Gasteiger partial charge in [-0.3, -0.25) is 0 Å². The molecule has 0 aromatic carbocycles. The molecule has 0 spiro atoms. The molecule has 2 unspecified atom stereocenters. The van der Waals surface area contributed by atoms with Crippen molar-refractivity contribution in [2.45, 2.75) is 32.5 Å². The number of rotatable bonds is 4. The molecule has 0 aromatic rings. The number of aliphatic hydroxyl groups is 1. The highest BCUT2D eigenvalue weighted by Gasteiger charge is 2.23. The van der Waals surface area contributed by atoms with Gasteiger partial charge in [0.1, 0.15) is 0 Å².